The van der Waals surface area contributed by atoms with Gasteiger partial charge in [-0.1, -0.05) is 20.3 Å². The van der Waals surface area contributed by atoms with Crippen molar-refractivity contribution in [3.8, 4) is 0 Å². The van der Waals surface area contributed by atoms with Gasteiger partial charge >= 0.3 is 0 Å². The maximum absolute atomic E-state index is 11.5. The molecule has 0 aliphatic heterocycles. The van der Waals surface area contributed by atoms with Crippen molar-refractivity contribution in [2.75, 3.05) is 11.9 Å². The second-order valence-corrected chi connectivity index (χ2v) is 4.87. The molecule has 4 nitrogen and oxygen atoms in total. The molecular formula is C12H21N3OS. The van der Waals surface area contributed by atoms with Crippen LogP contribution in [0.4, 0.5) is 5.13 Å². The fourth-order valence-corrected chi connectivity index (χ4v) is 2.29. The van der Waals surface area contributed by atoms with Gasteiger partial charge in [-0.25, -0.2) is 4.98 Å². The third kappa shape index (κ3) is 4.83. The van der Waals surface area contributed by atoms with Crippen LogP contribution in [0.5, 0.6) is 0 Å². The minimum Gasteiger partial charge on any atom is -0.309 e. The van der Waals surface area contributed by atoms with Crippen molar-refractivity contribution in [3.05, 3.63) is 11.1 Å². The van der Waals surface area contributed by atoms with Gasteiger partial charge in [0.15, 0.2) is 5.13 Å². The number of aromatic nitrogens is 1. The van der Waals surface area contributed by atoms with E-state index in [9.17, 15) is 4.79 Å². The lowest BCUT2D eigenvalue weighted by Crippen LogP contribution is -2.18. The highest BCUT2D eigenvalue weighted by Gasteiger charge is 2.10. The Labute approximate surface area is 107 Å². The number of unbranched alkanes of at least 4 members (excludes halogenated alkanes) is 1. The number of hydrogen-bond donors (Lipinski definition) is 2. The highest BCUT2D eigenvalue weighted by atomic mass is 32.1. The fraction of sp³-hybridized carbons (Fsp3) is 0.667. The lowest BCUT2D eigenvalue weighted by atomic mass is 10.2. The van der Waals surface area contributed by atoms with Gasteiger partial charge in [0.05, 0.1) is 5.69 Å². The van der Waals surface area contributed by atoms with E-state index >= 15 is 0 Å². The SMILES string of the molecule is CCCCC(=O)Nc1nc(C(C)NCC)cs1. The molecular weight excluding hydrogens is 234 g/mol. The predicted octanol–water partition coefficient (Wildman–Crippen LogP) is 2.94. The summed E-state index contributed by atoms with van der Waals surface area (Å²) in [6, 6.07) is 0.234. The van der Waals surface area contributed by atoms with E-state index in [-0.39, 0.29) is 11.9 Å². The molecule has 2 N–H and O–H groups in total. The molecule has 0 aromatic carbocycles. The largest absolute Gasteiger partial charge is 0.309 e. The molecule has 1 atom stereocenters. The number of thiazole rings is 1. The third-order valence-electron chi connectivity index (χ3n) is 2.48. The monoisotopic (exact) mass is 255 g/mol. The molecule has 1 amide bonds. The Kier molecular flexibility index (Phi) is 6.15. The number of nitrogens with zero attached hydrogens (tertiary/aromatic N) is 1. The second kappa shape index (κ2) is 7.40. The molecule has 0 radical (unpaired) electrons. The topological polar surface area (TPSA) is 54.0 Å². The summed E-state index contributed by atoms with van der Waals surface area (Å²) in [5.74, 6) is 0.0591. The van der Waals surface area contributed by atoms with E-state index < -0.39 is 0 Å². The molecule has 1 heterocycles. The van der Waals surface area contributed by atoms with Gasteiger partial charge in [-0.3, -0.25) is 4.79 Å². The van der Waals surface area contributed by atoms with Crippen LogP contribution in [0.3, 0.4) is 0 Å². The number of amides is 1. The van der Waals surface area contributed by atoms with E-state index in [1.165, 1.54) is 11.3 Å². The minimum atomic E-state index is 0.0591. The maximum Gasteiger partial charge on any atom is 0.226 e. The van der Waals surface area contributed by atoms with Gasteiger partial charge in [0.25, 0.3) is 0 Å². The molecule has 1 rings (SSSR count). The summed E-state index contributed by atoms with van der Waals surface area (Å²) in [7, 11) is 0. The molecule has 17 heavy (non-hydrogen) atoms. The van der Waals surface area contributed by atoms with Crippen molar-refractivity contribution < 1.29 is 4.79 Å². The average Bonchev–Trinajstić information content (AvgIpc) is 2.75. The Balaban J connectivity index is 2.47. The first-order chi connectivity index (χ1) is 8.17. The van der Waals surface area contributed by atoms with Crippen molar-refractivity contribution >= 4 is 22.4 Å². The average molecular weight is 255 g/mol. The van der Waals surface area contributed by atoms with Crippen LogP contribution in [-0.4, -0.2) is 17.4 Å². The first-order valence-electron chi connectivity index (χ1n) is 6.16. The highest BCUT2D eigenvalue weighted by Crippen LogP contribution is 2.20. The summed E-state index contributed by atoms with van der Waals surface area (Å²) in [6.45, 7) is 7.13. The first kappa shape index (κ1) is 14.1. The molecule has 96 valence electrons. The molecule has 1 unspecified atom stereocenters. The number of hydrogen-bond acceptors (Lipinski definition) is 4. The summed E-state index contributed by atoms with van der Waals surface area (Å²) < 4.78 is 0. The van der Waals surface area contributed by atoms with Gasteiger partial charge < -0.3 is 10.6 Å². The first-order valence-corrected chi connectivity index (χ1v) is 7.04. The Hall–Kier alpha value is -0.940. The van der Waals surface area contributed by atoms with E-state index in [1.54, 1.807) is 0 Å². The number of anilines is 1. The van der Waals surface area contributed by atoms with Crippen LogP contribution in [-0.2, 0) is 4.79 Å². The predicted molar refractivity (Wildman–Crippen MR) is 72.4 cm³/mol. The lowest BCUT2D eigenvalue weighted by molar-refractivity contribution is -0.116. The molecule has 0 bridgehead atoms. The quantitative estimate of drug-likeness (QED) is 0.787. The van der Waals surface area contributed by atoms with Gasteiger partial charge in [-0.15, -0.1) is 11.3 Å². The lowest BCUT2D eigenvalue weighted by Gasteiger charge is -2.08. The van der Waals surface area contributed by atoms with Gasteiger partial charge in [0, 0.05) is 17.8 Å². The molecule has 0 saturated heterocycles. The Morgan fingerprint density at radius 3 is 2.94 bits per heavy atom. The molecule has 0 aliphatic rings. The van der Waals surface area contributed by atoms with Crippen LogP contribution >= 0.6 is 11.3 Å². The molecule has 0 saturated carbocycles. The van der Waals surface area contributed by atoms with E-state index in [4.69, 9.17) is 0 Å². The van der Waals surface area contributed by atoms with Crippen LogP contribution in [0.15, 0.2) is 5.38 Å². The van der Waals surface area contributed by atoms with Crippen LogP contribution in [0.25, 0.3) is 0 Å². The maximum atomic E-state index is 11.5. The third-order valence-corrected chi connectivity index (χ3v) is 3.26. The summed E-state index contributed by atoms with van der Waals surface area (Å²) in [4.78, 5) is 15.9. The summed E-state index contributed by atoms with van der Waals surface area (Å²) >= 11 is 1.48. The van der Waals surface area contributed by atoms with E-state index in [2.05, 4.69) is 36.4 Å². The number of carbonyl (C=O) groups is 1. The van der Waals surface area contributed by atoms with Crippen LogP contribution in [0, 0.1) is 0 Å². The molecule has 1 aromatic heterocycles. The Morgan fingerprint density at radius 2 is 2.29 bits per heavy atom. The highest BCUT2D eigenvalue weighted by molar-refractivity contribution is 7.13. The Morgan fingerprint density at radius 1 is 1.53 bits per heavy atom. The standard InChI is InChI=1S/C12H21N3OS/c1-4-6-7-11(16)15-12-14-10(8-17-12)9(3)13-5-2/h8-9,13H,4-7H2,1-3H3,(H,14,15,16). The number of rotatable bonds is 7. The van der Waals surface area contributed by atoms with E-state index in [0.29, 0.717) is 11.6 Å². The van der Waals surface area contributed by atoms with Gasteiger partial charge in [0.2, 0.25) is 5.91 Å². The molecule has 0 aliphatic carbocycles. The van der Waals surface area contributed by atoms with Crippen LogP contribution < -0.4 is 10.6 Å². The summed E-state index contributed by atoms with van der Waals surface area (Å²) in [6.07, 6.45) is 2.54. The molecule has 0 fully saturated rings. The minimum absolute atomic E-state index is 0.0591. The van der Waals surface area contributed by atoms with E-state index in [1.807, 2.05) is 5.38 Å². The van der Waals surface area contributed by atoms with Gasteiger partial charge in [-0.05, 0) is 19.9 Å². The summed E-state index contributed by atoms with van der Waals surface area (Å²) in [5.41, 5.74) is 0.989. The number of nitrogens with one attached hydrogen (secondary N) is 2. The van der Waals surface area contributed by atoms with Crippen molar-refractivity contribution in [1.29, 1.82) is 0 Å². The molecule has 5 heteroatoms. The smallest absolute Gasteiger partial charge is 0.226 e. The fourth-order valence-electron chi connectivity index (χ4n) is 1.47. The van der Waals surface area contributed by atoms with Gasteiger partial charge in [-0.2, -0.15) is 0 Å². The van der Waals surface area contributed by atoms with Crippen molar-refractivity contribution in [2.24, 2.45) is 0 Å². The Bertz CT molecular complexity index is 351. The normalized spacial score (nSPS) is 12.4. The zero-order valence-electron chi connectivity index (χ0n) is 10.7. The van der Waals surface area contributed by atoms with Crippen molar-refractivity contribution in [2.45, 2.75) is 46.1 Å². The van der Waals surface area contributed by atoms with Crippen molar-refractivity contribution in [1.82, 2.24) is 10.3 Å². The number of carbonyl (C=O) groups excluding carboxylic acids is 1. The summed E-state index contributed by atoms with van der Waals surface area (Å²) in [5, 5.41) is 8.82. The van der Waals surface area contributed by atoms with Crippen LogP contribution in [0.2, 0.25) is 0 Å². The zero-order chi connectivity index (χ0) is 12.7. The molecule has 0 spiro atoms. The molecule has 1 aromatic rings. The van der Waals surface area contributed by atoms with E-state index in [0.717, 1.165) is 25.1 Å². The van der Waals surface area contributed by atoms with Gasteiger partial charge in [0.1, 0.15) is 0 Å². The van der Waals surface area contributed by atoms with Crippen molar-refractivity contribution in [3.63, 3.8) is 0 Å². The zero-order valence-corrected chi connectivity index (χ0v) is 11.6. The van der Waals surface area contributed by atoms with Crippen LogP contribution in [0.1, 0.15) is 51.8 Å². The second-order valence-electron chi connectivity index (χ2n) is 4.01.